The van der Waals surface area contributed by atoms with Crippen LogP contribution in [0.2, 0.25) is 0 Å². The Labute approximate surface area is 195 Å². The number of piperazine rings is 1. The van der Waals surface area contributed by atoms with Gasteiger partial charge in [0.1, 0.15) is 5.78 Å². The largest absolute Gasteiger partial charge is 0.416 e. The molecular weight excluding hydrogens is 453 g/mol. The molecule has 1 saturated heterocycles. The maximum atomic E-state index is 12.7. The standard InChI is InChI=1S/C24H27F3N2O3S/c1-17-2-10-22(33-17)21(31)9-7-20(30)8-11-23(32)29-14-12-28(13-15-29)16-18-3-5-19(6-4-18)24(25,26)27/h2-6,10H,7-9,11-16H2,1H3. The highest BCUT2D eigenvalue weighted by molar-refractivity contribution is 7.14. The van der Waals surface area contributed by atoms with E-state index in [9.17, 15) is 27.6 Å². The van der Waals surface area contributed by atoms with Crippen molar-refractivity contribution >= 4 is 28.8 Å². The average Bonchev–Trinajstić information content (AvgIpc) is 3.22. The lowest BCUT2D eigenvalue weighted by Crippen LogP contribution is -2.48. The number of carbonyl (C=O) groups is 3. The fraction of sp³-hybridized carbons (Fsp3) is 0.458. The first-order chi connectivity index (χ1) is 15.6. The Bertz CT molecular complexity index is 978. The molecule has 2 aromatic rings. The van der Waals surface area contributed by atoms with Crippen molar-refractivity contribution in [3.63, 3.8) is 0 Å². The van der Waals surface area contributed by atoms with Crippen molar-refractivity contribution in [2.24, 2.45) is 0 Å². The van der Waals surface area contributed by atoms with Crippen molar-refractivity contribution in [2.75, 3.05) is 26.2 Å². The number of rotatable bonds is 9. The normalized spacial score (nSPS) is 15.0. The van der Waals surface area contributed by atoms with Gasteiger partial charge in [-0.05, 0) is 36.8 Å². The molecule has 0 N–H and O–H groups in total. The van der Waals surface area contributed by atoms with Crippen LogP contribution in [0.25, 0.3) is 0 Å². The van der Waals surface area contributed by atoms with Gasteiger partial charge in [0.15, 0.2) is 5.78 Å². The number of thiophene rings is 1. The van der Waals surface area contributed by atoms with Crippen LogP contribution in [0.3, 0.4) is 0 Å². The number of Topliss-reactive ketones (excluding diaryl/α,β-unsaturated/α-hetero) is 2. The van der Waals surface area contributed by atoms with Gasteiger partial charge in [0, 0.05) is 63.3 Å². The lowest BCUT2D eigenvalue weighted by Gasteiger charge is -2.34. The van der Waals surface area contributed by atoms with Gasteiger partial charge >= 0.3 is 6.18 Å². The second kappa shape index (κ2) is 11.1. The molecule has 1 aliphatic heterocycles. The highest BCUT2D eigenvalue weighted by Gasteiger charge is 2.30. The molecular formula is C24H27F3N2O3S. The van der Waals surface area contributed by atoms with Crippen LogP contribution in [0.15, 0.2) is 36.4 Å². The first kappa shape index (κ1) is 25.1. The predicted octanol–water partition coefficient (Wildman–Crippen LogP) is 4.73. The fourth-order valence-electron chi connectivity index (χ4n) is 3.70. The molecule has 3 rings (SSSR count). The number of amides is 1. The third-order valence-corrected chi connectivity index (χ3v) is 6.72. The molecule has 0 unspecified atom stereocenters. The summed E-state index contributed by atoms with van der Waals surface area (Å²) in [5.74, 6) is -0.222. The zero-order valence-corrected chi connectivity index (χ0v) is 19.3. The minimum Gasteiger partial charge on any atom is -0.340 e. The number of benzene rings is 1. The van der Waals surface area contributed by atoms with E-state index in [4.69, 9.17) is 0 Å². The van der Waals surface area contributed by atoms with Gasteiger partial charge in [0.2, 0.25) is 5.91 Å². The smallest absolute Gasteiger partial charge is 0.340 e. The lowest BCUT2D eigenvalue weighted by atomic mass is 10.1. The molecule has 1 aromatic carbocycles. The Morgan fingerprint density at radius 3 is 2.09 bits per heavy atom. The van der Waals surface area contributed by atoms with Crippen LogP contribution >= 0.6 is 11.3 Å². The molecule has 5 nitrogen and oxygen atoms in total. The van der Waals surface area contributed by atoms with Gasteiger partial charge in [-0.25, -0.2) is 0 Å². The van der Waals surface area contributed by atoms with Crippen molar-refractivity contribution < 1.29 is 27.6 Å². The summed E-state index contributed by atoms with van der Waals surface area (Å²) in [6, 6.07) is 8.78. The third kappa shape index (κ3) is 7.50. The fourth-order valence-corrected chi connectivity index (χ4v) is 4.54. The summed E-state index contributed by atoms with van der Waals surface area (Å²) in [5, 5.41) is 0. The maximum absolute atomic E-state index is 12.7. The molecule has 1 aliphatic rings. The van der Waals surface area contributed by atoms with Crippen LogP contribution in [0.4, 0.5) is 13.2 Å². The monoisotopic (exact) mass is 480 g/mol. The Kier molecular flexibility index (Phi) is 8.42. The van der Waals surface area contributed by atoms with Crippen LogP contribution in [-0.2, 0) is 22.3 Å². The van der Waals surface area contributed by atoms with Gasteiger partial charge in [-0.15, -0.1) is 11.3 Å². The van der Waals surface area contributed by atoms with E-state index in [1.54, 1.807) is 11.0 Å². The van der Waals surface area contributed by atoms with E-state index in [0.717, 1.165) is 22.6 Å². The van der Waals surface area contributed by atoms with E-state index in [1.807, 2.05) is 13.0 Å². The number of halogens is 3. The molecule has 2 heterocycles. The van der Waals surface area contributed by atoms with Gasteiger partial charge in [0.05, 0.1) is 10.4 Å². The number of ketones is 2. The van der Waals surface area contributed by atoms with Crippen LogP contribution < -0.4 is 0 Å². The molecule has 0 bridgehead atoms. The molecule has 1 fully saturated rings. The number of alkyl halides is 3. The number of aryl methyl sites for hydroxylation is 1. The van der Waals surface area contributed by atoms with Gasteiger partial charge in [0.25, 0.3) is 0 Å². The summed E-state index contributed by atoms with van der Waals surface area (Å²) in [6.07, 6.45) is -3.78. The van der Waals surface area contributed by atoms with Crippen molar-refractivity contribution in [3.8, 4) is 0 Å². The summed E-state index contributed by atoms with van der Waals surface area (Å²) >= 11 is 1.42. The predicted molar refractivity (Wildman–Crippen MR) is 120 cm³/mol. The van der Waals surface area contributed by atoms with E-state index in [2.05, 4.69) is 4.90 Å². The van der Waals surface area contributed by atoms with E-state index < -0.39 is 11.7 Å². The summed E-state index contributed by atoms with van der Waals surface area (Å²) in [7, 11) is 0. The van der Waals surface area contributed by atoms with E-state index in [0.29, 0.717) is 37.6 Å². The maximum Gasteiger partial charge on any atom is 0.416 e. The van der Waals surface area contributed by atoms with E-state index in [1.165, 1.54) is 23.5 Å². The number of hydrogen-bond acceptors (Lipinski definition) is 5. The lowest BCUT2D eigenvalue weighted by molar-refractivity contribution is -0.137. The molecule has 0 saturated carbocycles. The molecule has 0 atom stereocenters. The summed E-state index contributed by atoms with van der Waals surface area (Å²) in [5.41, 5.74) is 0.128. The average molecular weight is 481 g/mol. The van der Waals surface area contributed by atoms with E-state index in [-0.39, 0.29) is 43.2 Å². The van der Waals surface area contributed by atoms with E-state index >= 15 is 0 Å². The second-order valence-corrected chi connectivity index (χ2v) is 9.51. The van der Waals surface area contributed by atoms with Crippen LogP contribution in [0, 0.1) is 6.92 Å². The zero-order chi connectivity index (χ0) is 24.0. The first-order valence-corrected chi connectivity index (χ1v) is 11.7. The van der Waals surface area contributed by atoms with Gasteiger partial charge in [-0.1, -0.05) is 12.1 Å². The highest BCUT2D eigenvalue weighted by atomic mass is 32.1. The number of carbonyl (C=O) groups excluding carboxylic acids is 3. The number of hydrogen-bond donors (Lipinski definition) is 0. The quantitative estimate of drug-likeness (QED) is 0.487. The summed E-state index contributed by atoms with van der Waals surface area (Å²) in [4.78, 5) is 42.2. The molecule has 9 heteroatoms. The van der Waals surface area contributed by atoms with Crippen molar-refractivity contribution in [1.29, 1.82) is 0 Å². The zero-order valence-electron chi connectivity index (χ0n) is 18.5. The van der Waals surface area contributed by atoms with Gasteiger partial charge < -0.3 is 4.90 Å². The van der Waals surface area contributed by atoms with Gasteiger partial charge in [-0.3, -0.25) is 19.3 Å². The van der Waals surface area contributed by atoms with Crippen molar-refractivity contribution in [1.82, 2.24) is 9.80 Å². The van der Waals surface area contributed by atoms with Crippen molar-refractivity contribution in [3.05, 3.63) is 57.3 Å². The SMILES string of the molecule is Cc1ccc(C(=O)CCC(=O)CCC(=O)N2CCN(Cc3ccc(C(F)(F)F)cc3)CC2)s1. The topological polar surface area (TPSA) is 57.7 Å². The first-order valence-electron chi connectivity index (χ1n) is 10.9. The molecule has 0 spiro atoms. The van der Waals surface area contributed by atoms with Crippen molar-refractivity contribution in [2.45, 2.75) is 45.3 Å². The summed E-state index contributed by atoms with van der Waals surface area (Å²) < 4.78 is 38.0. The Hall–Kier alpha value is -2.52. The van der Waals surface area contributed by atoms with Crippen LogP contribution in [-0.4, -0.2) is 53.5 Å². The molecule has 1 amide bonds. The number of nitrogens with zero attached hydrogens (tertiary/aromatic N) is 2. The molecule has 33 heavy (non-hydrogen) atoms. The Morgan fingerprint density at radius 1 is 0.879 bits per heavy atom. The Morgan fingerprint density at radius 2 is 1.52 bits per heavy atom. The minimum atomic E-state index is -4.34. The van der Waals surface area contributed by atoms with Gasteiger partial charge in [-0.2, -0.15) is 13.2 Å². The highest BCUT2D eigenvalue weighted by Crippen LogP contribution is 2.29. The molecule has 0 aliphatic carbocycles. The Balaban J connectivity index is 1.35. The molecule has 0 radical (unpaired) electrons. The third-order valence-electron chi connectivity index (χ3n) is 5.68. The second-order valence-electron chi connectivity index (χ2n) is 8.22. The molecule has 178 valence electrons. The van der Waals surface area contributed by atoms with Crippen LogP contribution in [0.5, 0.6) is 0 Å². The minimum absolute atomic E-state index is 0.0445. The van der Waals surface area contributed by atoms with Crippen LogP contribution in [0.1, 0.15) is 51.4 Å². The molecule has 1 aromatic heterocycles. The summed E-state index contributed by atoms with van der Waals surface area (Å²) in [6.45, 7) is 4.72.